The quantitative estimate of drug-likeness (QED) is 0.422. The van der Waals surface area contributed by atoms with Crippen LogP contribution in [0.25, 0.3) is 10.4 Å². The van der Waals surface area contributed by atoms with Gasteiger partial charge in [-0.2, -0.15) is 5.26 Å². The highest BCUT2D eigenvalue weighted by atomic mass is 32.2. The Morgan fingerprint density at radius 2 is 1.86 bits per heavy atom. The van der Waals surface area contributed by atoms with Gasteiger partial charge in [-0.05, 0) is 59.2 Å². The van der Waals surface area contributed by atoms with Crippen LogP contribution in [0.15, 0.2) is 46.8 Å². The van der Waals surface area contributed by atoms with Crippen molar-refractivity contribution in [2.24, 2.45) is 0 Å². The van der Waals surface area contributed by atoms with Crippen LogP contribution >= 0.6 is 23.1 Å². The monoisotopic (exact) mass is 418 g/mol. The first kappa shape index (κ1) is 20.2. The maximum absolute atomic E-state index is 10.0. The number of hydrogen-bond donors (Lipinski definition) is 0. The Balaban J connectivity index is 1.67. The summed E-state index contributed by atoms with van der Waals surface area (Å²) in [5.74, 6) is 0.828. The molecular weight excluding hydrogens is 392 g/mol. The molecule has 0 aliphatic heterocycles. The lowest BCUT2D eigenvalue weighted by molar-refractivity contribution is 0.590. The summed E-state index contributed by atoms with van der Waals surface area (Å²) in [7, 11) is 0. The Bertz CT molecular complexity index is 1040. The zero-order valence-electron chi connectivity index (χ0n) is 17.3. The number of nitrogens with zero attached hydrogens (tertiary/aromatic N) is 2. The van der Waals surface area contributed by atoms with Crippen molar-refractivity contribution < 1.29 is 0 Å². The highest BCUT2D eigenvalue weighted by Crippen LogP contribution is 2.40. The van der Waals surface area contributed by atoms with Gasteiger partial charge >= 0.3 is 0 Å². The van der Waals surface area contributed by atoms with Crippen LogP contribution in [0.4, 0.5) is 0 Å². The lowest BCUT2D eigenvalue weighted by atomic mass is 9.87. The van der Waals surface area contributed by atoms with E-state index in [2.05, 4.69) is 68.6 Å². The average Bonchev–Trinajstić information content (AvgIpc) is 3.25. The number of nitriles is 1. The molecule has 2 nitrogen and oxygen atoms in total. The van der Waals surface area contributed by atoms with E-state index in [0.29, 0.717) is 0 Å². The highest BCUT2D eigenvalue weighted by Gasteiger charge is 2.23. The van der Waals surface area contributed by atoms with Crippen molar-refractivity contribution in [3.05, 3.63) is 69.7 Å². The lowest BCUT2D eigenvalue weighted by Crippen LogP contribution is -2.11. The van der Waals surface area contributed by atoms with E-state index in [4.69, 9.17) is 4.98 Å². The fourth-order valence-corrected chi connectivity index (χ4v) is 5.64. The summed E-state index contributed by atoms with van der Waals surface area (Å²) in [5, 5.41) is 13.0. The maximum Gasteiger partial charge on any atom is 0.115 e. The molecule has 0 amide bonds. The topological polar surface area (TPSA) is 36.7 Å². The molecule has 0 fully saturated rings. The van der Waals surface area contributed by atoms with Crippen molar-refractivity contribution in [1.82, 2.24) is 4.98 Å². The molecule has 1 aromatic carbocycles. The average molecular weight is 419 g/mol. The first-order chi connectivity index (χ1) is 14.0. The number of thioether (sulfide) groups is 1. The molecule has 0 unspecified atom stereocenters. The van der Waals surface area contributed by atoms with Crippen LogP contribution in [0.5, 0.6) is 0 Å². The molecule has 0 spiro atoms. The van der Waals surface area contributed by atoms with Gasteiger partial charge in [-0.25, -0.2) is 4.98 Å². The molecule has 2 aromatic heterocycles. The molecule has 3 aromatic rings. The predicted octanol–water partition coefficient (Wildman–Crippen LogP) is 7.15. The van der Waals surface area contributed by atoms with Crippen LogP contribution in [-0.2, 0) is 24.0 Å². The van der Waals surface area contributed by atoms with E-state index in [1.165, 1.54) is 40.1 Å². The number of pyridine rings is 1. The second-order valence-corrected chi connectivity index (χ2v) is 10.5. The number of thiophene rings is 1. The number of aryl methyl sites for hydroxylation is 1. The van der Waals surface area contributed by atoms with Crippen LogP contribution in [0.3, 0.4) is 0 Å². The van der Waals surface area contributed by atoms with Crippen molar-refractivity contribution in [3.8, 4) is 16.5 Å². The summed E-state index contributed by atoms with van der Waals surface area (Å²) in [4.78, 5) is 6.16. The smallest absolute Gasteiger partial charge is 0.115 e. The molecule has 1 aliphatic carbocycles. The van der Waals surface area contributed by atoms with Crippen LogP contribution in [0.1, 0.15) is 61.6 Å². The Morgan fingerprint density at radius 3 is 2.52 bits per heavy atom. The van der Waals surface area contributed by atoms with Crippen molar-refractivity contribution in [1.29, 1.82) is 5.26 Å². The van der Waals surface area contributed by atoms with E-state index in [9.17, 15) is 5.26 Å². The predicted molar refractivity (Wildman–Crippen MR) is 124 cm³/mol. The van der Waals surface area contributed by atoms with E-state index in [1.807, 2.05) is 0 Å². The van der Waals surface area contributed by atoms with Crippen molar-refractivity contribution in [2.75, 3.05) is 0 Å². The highest BCUT2D eigenvalue weighted by molar-refractivity contribution is 7.98. The molecule has 0 saturated heterocycles. The summed E-state index contributed by atoms with van der Waals surface area (Å²) in [6.45, 7) is 6.71. The van der Waals surface area contributed by atoms with Crippen LogP contribution in [0, 0.1) is 11.3 Å². The minimum Gasteiger partial charge on any atom is -0.245 e. The van der Waals surface area contributed by atoms with Gasteiger partial charge in [0.15, 0.2) is 0 Å². The summed E-state index contributed by atoms with van der Waals surface area (Å²) in [6, 6.07) is 15.5. The van der Waals surface area contributed by atoms with Gasteiger partial charge in [-0.1, -0.05) is 51.1 Å². The normalized spacial score (nSPS) is 13.7. The molecule has 0 N–H and O–H groups in total. The van der Waals surface area contributed by atoms with Crippen LogP contribution in [0.2, 0.25) is 0 Å². The van der Waals surface area contributed by atoms with Gasteiger partial charge in [-0.15, -0.1) is 23.1 Å². The third-order valence-electron chi connectivity index (χ3n) is 5.52. The van der Waals surface area contributed by atoms with Gasteiger partial charge in [0.1, 0.15) is 11.1 Å². The van der Waals surface area contributed by atoms with Gasteiger partial charge in [0.05, 0.1) is 5.56 Å². The molecule has 4 rings (SSSR count). The van der Waals surface area contributed by atoms with Crippen LogP contribution < -0.4 is 0 Å². The molecule has 0 bridgehead atoms. The van der Waals surface area contributed by atoms with E-state index in [0.717, 1.165) is 34.7 Å². The number of rotatable bonds is 4. The largest absolute Gasteiger partial charge is 0.245 e. The zero-order chi connectivity index (χ0) is 20.4. The van der Waals surface area contributed by atoms with Gasteiger partial charge < -0.3 is 0 Å². The third-order valence-corrected chi connectivity index (χ3v) is 7.45. The van der Waals surface area contributed by atoms with Gasteiger partial charge in [0.25, 0.3) is 0 Å². The number of aromatic nitrogens is 1. The Labute approximate surface area is 182 Å². The van der Waals surface area contributed by atoms with Gasteiger partial charge in [0, 0.05) is 21.9 Å². The first-order valence-electron chi connectivity index (χ1n) is 10.2. The maximum atomic E-state index is 10.0. The second-order valence-electron chi connectivity index (χ2n) is 8.62. The van der Waals surface area contributed by atoms with Crippen molar-refractivity contribution in [3.63, 3.8) is 0 Å². The third kappa shape index (κ3) is 4.27. The standard InChI is InChI=1S/C25H26N2S2/c1-25(2,3)18-12-10-17(11-13-18)16-29-24-20(15-26)23(22-9-6-14-28-22)19-7-4-5-8-21(19)27-24/h6,9-14H,4-5,7-8,16H2,1-3H3. The molecule has 0 saturated carbocycles. The molecule has 0 atom stereocenters. The van der Waals surface area contributed by atoms with E-state index in [-0.39, 0.29) is 5.41 Å². The van der Waals surface area contributed by atoms with Crippen molar-refractivity contribution >= 4 is 23.1 Å². The Kier molecular flexibility index (Phi) is 5.81. The summed E-state index contributed by atoms with van der Waals surface area (Å²) < 4.78 is 0. The SMILES string of the molecule is CC(C)(C)c1ccc(CSc2nc3c(c(-c4cccs4)c2C#N)CCCC3)cc1. The molecule has 29 heavy (non-hydrogen) atoms. The number of benzene rings is 1. The van der Waals surface area contributed by atoms with E-state index in [1.54, 1.807) is 23.1 Å². The first-order valence-corrected chi connectivity index (χ1v) is 12.1. The minimum atomic E-state index is 0.162. The second kappa shape index (κ2) is 8.34. The van der Waals surface area contributed by atoms with Crippen molar-refractivity contribution in [2.45, 2.75) is 62.6 Å². The molecule has 1 aliphatic rings. The van der Waals surface area contributed by atoms with Crippen LogP contribution in [-0.4, -0.2) is 4.98 Å². The lowest BCUT2D eigenvalue weighted by Gasteiger charge is -2.21. The number of hydrogen-bond acceptors (Lipinski definition) is 4. The fraction of sp³-hybridized carbons (Fsp3) is 0.360. The summed E-state index contributed by atoms with van der Waals surface area (Å²) in [6.07, 6.45) is 4.43. The fourth-order valence-electron chi connectivity index (χ4n) is 3.87. The van der Waals surface area contributed by atoms with E-state index < -0.39 is 0 Å². The van der Waals surface area contributed by atoms with E-state index >= 15 is 0 Å². The molecule has 2 heterocycles. The molecule has 0 radical (unpaired) electrons. The molecule has 4 heteroatoms. The molecular formula is C25H26N2S2. The van der Waals surface area contributed by atoms with Gasteiger partial charge in [0.2, 0.25) is 0 Å². The van der Waals surface area contributed by atoms with Gasteiger partial charge in [-0.3, -0.25) is 0 Å². The zero-order valence-corrected chi connectivity index (χ0v) is 18.9. The minimum absolute atomic E-state index is 0.162. The Morgan fingerprint density at radius 1 is 1.10 bits per heavy atom. The summed E-state index contributed by atoms with van der Waals surface area (Å²) >= 11 is 3.41. The summed E-state index contributed by atoms with van der Waals surface area (Å²) in [5.41, 5.74) is 7.16. The number of fused-ring (bicyclic) bond motifs is 1. The Hall–Kier alpha value is -2.09. The molecule has 148 valence electrons.